The lowest BCUT2D eigenvalue weighted by molar-refractivity contribution is 0.910. The first-order chi connectivity index (χ1) is 14.9. The van der Waals surface area contributed by atoms with Crippen LogP contribution in [0.15, 0.2) is 54.7 Å². The van der Waals surface area contributed by atoms with Crippen molar-refractivity contribution in [2.75, 3.05) is 0 Å². The third kappa shape index (κ3) is 2.62. The molecule has 2 nitrogen and oxygen atoms in total. The average Bonchev–Trinajstić information content (AvgIpc) is 2.96. The monoisotopic (exact) mass is 346 g/mol. The summed E-state index contributed by atoms with van der Waals surface area (Å²) in [6.07, 6.45) is 1.35. The first-order valence-electron chi connectivity index (χ1n) is 11.6. The normalized spacial score (nSPS) is 15.7. The highest BCUT2D eigenvalue weighted by atomic mass is 14.9. The molecule has 0 unspecified atom stereocenters. The molecule has 26 heavy (non-hydrogen) atoms. The number of hydrogen-bond donors (Lipinski definition) is 0. The van der Waals surface area contributed by atoms with Gasteiger partial charge >= 0.3 is 0 Å². The van der Waals surface area contributed by atoms with Gasteiger partial charge in [-0.05, 0) is 79.6 Å². The largest absolute Gasteiger partial charge is 0.348 e. The van der Waals surface area contributed by atoms with E-state index in [0.717, 1.165) is 27.6 Å². The van der Waals surface area contributed by atoms with Crippen LogP contribution in [0, 0.1) is 27.6 Å². The fraction of sp³-hybridized carbons (Fsp3) is 0.208. The van der Waals surface area contributed by atoms with Gasteiger partial charge in [0.2, 0.25) is 0 Å². The van der Waals surface area contributed by atoms with Gasteiger partial charge in [0, 0.05) is 43.6 Å². The van der Waals surface area contributed by atoms with E-state index >= 15 is 0 Å². The maximum absolute atomic E-state index is 8.03. The van der Waals surface area contributed by atoms with E-state index in [-0.39, 0.29) is 11.1 Å². The van der Waals surface area contributed by atoms with Crippen LogP contribution in [0.3, 0.4) is 0 Å². The summed E-state index contributed by atoms with van der Waals surface area (Å²) in [4.78, 5) is 4.32. The molecule has 4 rings (SSSR count). The molecule has 0 aliphatic carbocycles. The van der Waals surface area contributed by atoms with Crippen molar-refractivity contribution in [1.29, 1.82) is 0 Å². The Morgan fingerprint density at radius 3 is 2.50 bits per heavy atom. The predicted molar refractivity (Wildman–Crippen MR) is 111 cm³/mol. The van der Waals surface area contributed by atoms with E-state index in [1.165, 1.54) is 18.0 Å². The van der Waals surface area contributed by atoms with Gasteiger partial charge in [-0.2, -0.15) is 0 Å². The molecule has 0 atom stereocenters. The quantitative estimate of drug-likeness (QED) is 0.426. The zero-order valence-electron chi connectivity index (χ0n) is 21.1. The Morgan fingerprint density at radius 1 is 0.923 bits per heavy atom. The van der Waals surface area contributed by atoms with E-state index in [0.29, 0.717) is 11.3 Å². The van der Waals surface area contributed by atoms with Crippen molar-refractivity contribution in [1.82, 2.24) is 9.55 Å². The highest BCUT2D eigenvalue weighted by Gasteiger charge is 2.11. The van der Waals surface area contributed by atoms with Gasteiger partial charge < -0.3 is 4.57 Å². The highest BCUT2D eigenvalue weighted by molar-refractivity contribution is 5.90. The summed E-state index contributed by atoms with van der Waals surface area (Å²) in [5.41, 5.74) is 6.61. The summed E-state index contributed by atoms with van der Waals surface area (Å²) < 4.78 is 48.8. The summed E-state index contributed by atoms with van der Waals surface area (Å²) in [7, 11) is 2.02. The number of rotatable bonds is 2. The Balaban J connectivity index is 1.89. The molecule has 0 spiro atoms. The summed E-state index contributed by atoms with van der Waals surface area (Å²) in [5, 5.41) is 1.09. The maximum Gasteiger partial charge on any atom is 0.0702 e. The number of nitrogens with zero attached hydrogens (tertiary/aromatic N) is 2. The minimum atomic E-state index is -2.27. The first-order valence-corrected chi connectivity index (χ1v) is 8.55. The van der Waals surface area contributed by atoms with Crippen LogP contribution < -0.4 is 0 Å². The van der Waals surface area contributed by atoms with Gasteiger partial charge in [-0.25, -0.2) is 0 Å². The summed E-state index contributed by atoms with van der Waals surface area (Å²) in [5.74, 6) is 0. The van der Waals surface area contributed by atoms with Crippen LogP contribution in [0.25, 0.3) is 33.3 Å². The van der Waals surface area contributed by atoms with Gasteiger partial charge in [0.15, 0.2) is 0 Å². The average molecular weight is 347 g/mol. The smallest absolute Gasteiger partial charge is 0.0702 e. The second-order valence-corrected chi connectivity index (χ2v) is 6.69. The summed E-state index contributed by atoms with van der Waals surface area (Å²) >= 11 is 0. The molecule has 0 aliphatic heterocycles. The molecule has 4 aromatic rings. The van der Waals surface area contributed by atoms with E-state index in [9.17, 15) is 0 Å². The molecule has 0 amide bonds. The topological polar surface area (TPSA) is 17.8 Å². The molecule has 2 heteroatoms. The minimum Gasteiger partial charge on any atom is -0.348 e. The Kier molecular flexibility index (Phi) is 2.59. The zero-order chi connectivity index (χ0) is 23.4. The van der Waals surface area contributed by atoms with Crippen molar-refractivity contribution in [3.05, 3.63) is 77.1 Å². The van der Waals surface area contributed by atoms with Gasteiger partial charge in [0.25, 0.3) is 0 Å². The summed E-state index contributed by atoms with van der Waals surface area (Å²) in [6.45, 7) is -0.358. The molecule has 2 aromatic carbocycles. The van der Waals surface area contributed by atoms with Crippen molar-refractivity contribution >= 4 is 10.9 Å². The van der Waals surface area contributed by atoms with E-state index in [2.05, 4.69) is 23.4 Å². The number of aryl methyl sites for hydroxylation is 4. The number of benzene rings is 2. The first kappa shape index (κ1) is 11.0. The standard InChI is InChI=1S/C24H24N2/c1-15-6-10-23(25-14-15)20-8-7-16(2)21(13-20)19-9-11-24-22(12-19)17(3)18(4)26(24)5/h6-14H,1-5H3/i1D3,2D3. The van der Waals surface area contributed by atoms with E-state index in [4.69, 9.17) is 8.22 Å². The van der Waals surface area contributed by atoms with Crippen LogP contribution in [-0.2, 0) is 7.05 Å². The van der Waals surface area contributed by atoms with Gasteiger partial charge in [0.05, 0.1) is 5.69 Å². The van der Waals surface area contributed by atoms with Crippen LogP contribution in [0.5, 0.6) is 0 Å². The molecule has 0 radical (unpaired) electrons. The fourth-order valence-electron chi connectivity index (χ4n) is 3.43. The van der Waals surface area contributed by atoms with E-state index < -0.39 is 13.7 Å². The molecule has 0 fully saturated rings. The number of hydrogen-bond acceptors (Lipinski definition) is 1. The lowest BCUT2D eigenvalue weighted by Gasteiger charge is -2.10. The third-order valence-electron chi connectivity index (χ3n) is 5.20. The number of aromatic nitrogens is 2. The molecule has 0 N–H and O–H groups in total. The lowest BCUT2D eigenvalue weighted by Crippen LogP contribution is -1.90. The van der Waals surface area contributed by atoms with Crippen LogP contribution >= 0.6 is 0 Å². The Labute approximate surface area is 163 Å². The Hall–Kier alpha value is -2.87. The van der Waals surface area contributed by atoms with Crippen molar-refractivity contribution in [3.8, 4) is 22.4 Å². The Morgan fingerprint density at radius 2 is 1.77 bits per heavy atom. The molecular formula is C24H24N2. The van der Waals surface area contributed by atoms with Crippen molar-refractivity contribution in [3.63, 3.8) is 0 Å². The summed E-state index contributed by atoms with van der Waals surface area (Å²) in [6, 6.07) is 14.4. The van der Waals surface area contributed by atoms with Gasteiger partial charge in [0.1, 0.15) is 0 Å². The zero-order valence-corrected chi connectivity index (χ0v) is 15.1. The van der Waals surface area contributed by atoms with Crippen LogP contribution in [0.4, 0.5) is 0 Å². The van der Waals surface area contributed by atoms with Crippen molar-refractivity contribution in [2.45, 2.75) is 27.6 Å². The van der Waals surface area contributed by atoms with Crippen LogP contribution in [0.2, 0.25) is 0 Å². The van der Waals surface area contributed by atoms with E-state index in [1.54, 1.807) is 18.2 Å². The predicted octanol–water partition coefficient (Wildman–Crippen LogP) is 6.14. The Bertz CT molecular complexity index is 1310. The molecular weight excluding hydrogens is 316 g/mol. The van der Waals surface area contributed by atoms with Gasteiger partial charge in [-0.15, -0.1) is 0 Å². The molecule has 0 saturated carbocycles. The highest BCUT2D eigenvalue weighted by Crippen LogP contribution is 2.33. The van der Waals surface area contributed by atoms with Gasteiger partial charge in [-0.1, -0.05) is 24.3 Å². The molecule has 130 valence electrons. The lowest BCUT2D eigenvalue weighted by atomic mass is 9.95. The molecule has 2 aromatic heterocycles. The SMILES string of the molecule is [2H]C([2H])([2H])c1ccc(-c2ccc(C([2H])([2H])[2H])c(-c3ccc4c(c3)c(C)c(C)n4C)c2)nc1. The fourth-order valence-corrected chi connectivity index (χ4v) is 3.43. The molecule has 2 heterocycles. The van der Waals surface area contributed by atoms with E-state index in [1.807, 2.05) is 31.3 Å². The molecule has 0 aliphatic rings. The number of fused-ring (bicyclic) bond motifs is 1. The maximum atomic E-state index is 8.03. The van der Waals surface area contributed by atoms with Crippen molar-refractivity contribution < 1.29 is 8.22 Å². The van der Waals surface area contributed by atoms with Gasteiger partial charge in [-0.3, -0.25) is 4.98 Å². The second kappa shape index (κ2) is 6.14. The van der Waals surface area contributed by atoms with Crippen LogP contribution in [-0.4, -0.2) is 9.55 Å². The molecule has 0 bridgehead atoms. The van der Waals surface area contributed by atoms with Crippen molar-refractivity contribution in [2.24, 2.45) is 7.05 Å². The second-order valence-electron chi connectivity index (χ2n) is 6.69. The third-order valence-corrected chi connectivity index (χ3v) is 5.20. The number of pyridine rings is 1. The minimum absolute atomic E-state index is 0.168. The van der Waals surface area contributed by atoms with Crippen LogP contribution in [0.1, 0.15) is 30.6 Å². The molecule has 0 saturated heterocycles.